The topological polar surface area (TPSA) is 16.1 Å². The number of benzene rings is 1. The van der Waals surface area contributed by atoms with Crippen LogP contribution < -0.4 is 4.90 Å². The fourth-order valence-electron chi connectivity index (χ4n) is 2.11. The minimum atomic E-state index is 0.466. The molecule has 0 radical (unpaired) electrons. The van der Waals surface area contributed by atoms with E-state index in [0.29, 0.717) is 16.7 Å². The zero-order chi connectivity index (χ0) is 14.0. The zero-order valence-electron chi connectivity index (χ0n) is 11.2. The van der Waals surface area contributed by atoms with Crippen molar-refractivity contribution in [2.24, 2.45) is 0 Å². The second-order valence-corrected chi connectivity index (χ2v) is 5.50. The van der Waals surface area contributed by atoms with Gasteiger partial charge < -0.3 is 4.90 Å². The molecule has 0 saturated heterocycles. The van der Waals surface area contributed by atoms with E-state index in [4.69, 9.17) is 23.2 Å². The van der Waals surface area contributed by atoms with Crippen LogP contribution in [0.5, 0.6) is 0 Å². The minimum absolute atomic E-state index is 0.466. The lowest BCUT2D eigenvalue weighted by Gasteiger charge is -2.22. The average Bonchev–Trinajstić information content (AvgIpc) is 2.33. The molecule has 100 valence electrons. The summed E-state index contributed by atoms with van der Waals surface area (Å²) < 4.78 is 0. The third-order valence-corrected chi connectivity index (χ3v) is 3.59. The number of aryl methyl sites for hydroxylation is 2. The Morgan fingerprint density at radius 1 is 1.11 bits per heavy atom. The molecule has 0 saturated carbocycles. The maximum atomic E-state index is 6.14. The summed E-state index contributed by atoms with van der Waals surface area (Å²) in [6, 6.07) is 9.86. The van der Waals surface area contributed by atoms with Crippen molar-refractivity contribution in [3.05, 3.63) is 57.3 Å². The van der Waals surface area contributed by atoms with E-state index in [0.717, 1.165) is 5.69 Å². The van der Waals surface area contributed by atoms with Gasteiger partial charge in [-0.25, -0.2) is 4.98 Å². The highest BCUT2D eigenvalue weighted by Crippen LogP contribution is 2.24. The molecule has 0 atom stereocenters. The molecule has 0 spiro atoms. The molecule has 0 bridgehead atoms. The standard InChI is InChI=1S/C15H16Cl2N2/c1-10-4-6-14(11(2)8-10)19(3)9-13-12(16)5-7-15(17)18-13/h4-8H,9H2,1-3H3. The first-order valence-electron chi connectivity index (χ1n) is 6.06. The lowest BCUT2D eigenvalue weighted by Crippen LogP contribution is -2.18. The van der Waals surface area contributed by atoms with E-state index < -0.39 is 0 Å². The number of hydrogen-bond acceptors (Lipinski definition) is 2. The molecule has 2 aromatic rings. The van der Waals surface area contributed by atoms with Crippen LogP contribution in [-0.4, -0.2) is 12.0 Å². The van der Waals surface area contributed by atoms with Gasteiger partial charge in [-0.3, -0.25) is 0 Å². The first-order chi connectivity index (χ1) is 8.97. The Morgan fingerprint density at radius 3 is 2.53 bits per heavy atom. The van der Waals surface area contributed by atoms with Crippen LogP contribution >= 0.6 is 23.2 Å². The van der Waals surface area contributed by atoms with Crippen LogP contribution in [0.2, 0.25) is 10.2 Å². The molecule has 0 aliphatic heterocycles. The van der Waals surface area contributed by atoms with E-state index >= 15 is 0 Å². The van der Waals surface area contributed by atoms with Crippen molar-refractivity contribution in [3.63, 3.8) is 0 Å². The highest BCUT2D eigenvalue weighted by molar-refractivity contribution is 6.32. The summed E-state index contributed by atoms with van der Waals surface area (Å²) in [6.07, 6.45) is 0. The molecule has 0 amide bonds. The van der Waals surface area contributed by atoms with Gasteiger partial charge in [0.2, 0.25) is 0 Å². The fourth-order valence-corrected chi connectivity index (χ4v) is 2.44. The van der Waals surface area contributed by atoms with Gasteiger partial charge in [-0.1, -0.05) is 40.9 Å². The van der Waals surface area contributed by atoms with Gasteiger partial charge in [-0.05, 0) is 37.6 Å². The maximum absolute atomic E-state index is 6.14. The molecule has 19 heavy (non-hydrogen) atoms. The number of hydrogen-bond donors (Lipinski definition) is 0. The van der Waals surface area contributed by atoms with E-state index in [-0.39, 0.29) is 0 Å². The first-order valence-corrected chi connectivity index (χ1v) is 6.82. The molecule has 0 N–H and O–H groups in total. The Labute approximate surface area is 124 Å². The molecule has 1 aromatic carbocycles. The van der Waals surface area contributed by atoms with E-state index in [1.54, 1.807) is 12.1 Å². The first kappa shape index (κ1) is 14.2. The summed E-state index contributed by atoms with van der Waals surface area (Å²) in [7, 11) is 2.02. The quantitative estimate of drug-likeness (QED) is 0.767. The summed E-state index contributed by atoms with van der Waals surface area (Å²) in [6.45, 7) is 4.82. The van der Waals surface area contributed by atoms with Crippen LogP contribution in [0.25, 0.3) is 0 Å². The van der Waals surface area contributed by atoms with Crippen LogP contribution in [0.4, 0.5) is 5.69 Å². The van der Waals surface area contributed by atoms with E-state index in [9.17, 15) is 0 Å². The van der Waals surface area contributed by atoms with Gasteiger partial charge in [0.15, 0.2) is 0 Å². The normalized spacial score (nSPS) is 10.6. The lowest BCUT2D eigenvalue weighted by atomic mass is 10.1. The van der Waals surface area contributed by atoms with Crippen molar-refractivity contribution in [3.8, 4) is 0 Å². The molecule has 0 unspecified atom stereocenters. The molecular weight excluding hydrogens is 279 g/mol. The highest BCUT2D eigenvalue weighted by Gasteiger charge is 2.09. The molecule has 4 heteroatoms. The minimum Gasteiger partial charge on any atom is -0.368 e. The van der Waals surface area contributed by atoms with Crippen molar-refractivity contribution in [2.45, 2.75) is 20.4 Å². The molecule has 0 aliphatic carbocycles. The molecule has 2 rings (SSSR count). The zero-order valence-corrected chi connectivity index (χ0v) is 12.8. The summed E-state index contributed by atoms with van der Waals surface area (Å²) in [5.74, 6) is 0. The number of halogens is 2. The SMILES string of the molecule is Cc1ccc(N(C)Cc2nc(Cl)ccc2Cl)c(C)c1. The predicted molar refractivity (Wildman–Crippen MR) is 82.3 cm³/mol. The predicted octanol–water partition coefficient (Wildman–Crippen LogP) is 4.64. The third-order valence-electron chi connectivity index (χ3n) is 3.04. The molecular formula is C15H16Cl2N2. The Balaban J connectivity index is 2.25. The van der Waals surface area contributed by atoms with Gasteiger partial charge in [0.1, 0.15) is 5.15 Å². The Hall–Kier alpha value is -1.25. The van der Waals surface area contributed by atoms with Gasteiger partial charge in [-0.15, -0.1) is 0 Å². The van der Waals surface area contributed by atoms with E-state index in [2.05, 4.69) is 41.9 Å². The maximum Gasteiger partial charge on any atom is 0.129 e. The van der Waals surface area contributed by atoms with Gasteiger partial charge in [0, 0.05) is 12.7 Å². The van der Waals surface area contributed by atoms with Crippen molar-refractivity contribution in [2.75, 3.05) is 11.9 Å². The number of rotatable bonds is 3. The van der Waals surface area contributed by atoms with Crippen molar-refractivity contribution in [1.82, 2.24) is 4.98 Å². The van der Waals surface area contributed by atoms with Gasteiger partial charge in [-0.2, -0.15) is 0 Å². The van der Waals surface area contributed by atoms with Crippen LogP contribution in [0, 0.1) is 13.8 Å². The fraction of sp³-hybridized carbons (Fsp3) is 0.267. The van der Waals surface area contributed by atoms with Crippen molar-refractivity contribution >= 4 is 28.9 Å². The summed E-state index contributed by atoms with van der Waals surface area (Å²) >= 11 is 12.1. The molecule has 0 fully saturated rings. The van der Waals surface area contributed by atoms with Gasteiger partial charge in [0.05, 0.1) is 17.3 Å². The number of anilines is 1. The highest BCUT2D eigenvalue weighted by atomic mass is 35.5. The second-order valence-electron chi connectivity index (χ2n) is 4.71. The summed E-state index contributed by atoms with van der Waals surface area (Å²) in [4.78, 5) is 6.40. The third kappa shape index (κ3) is 3.40. The summed E-state index contributed by atoms with van der Waals surface area (Å²) in [5.41, 5.74) is 4.45. The monoisotopic (exact) mass is 294 g/mol. The Bertz CT molecular complexity index is 597. The smallest absolute Gasteiger partial charge is 0.129 e. The van der Waals surface area contributed by atoms with Crippen LogP contribution in [-0.2, 0) is 6.54 Å². The molecule has 1 heterocycles. The van der Waals surface area contributed by atoms with Gasteiger partial charge >= 0.3 is 0 Å². The van der Waals surface area contributed by atoms with E-state index in [1.807, 2.05) is 7.05 Å². The molecule has 0 aliphatic rings. The number of nitrogens with zero attached hydrogens (tertiary/aromatic N) is 2. The number of pyridine rings is 1. The van der Waals surface area contributed by atoms with Crippen molar-refractivity contribution < 1.29 is 0 Å². The second kappa shape index (κ2) is 5.81. The summed E-state index contributed by atoms with van der Waals surface area (Å²) in [5, 5.41) is 1.11. The van der Waals surface area contributed by atoms with Crippen molar-refractivity contribution in [1.29, 1.82) is 0 Å². The Morgan fingerprint density at radius 2 is 1.84 bits per heavy atom. The van der Waals surface area contributed by atoms with E-state index in [1.165, 1.54) is 16.8 Å². The van der Waals surface area contributed by atoms with Crippen LogP contribution in [0.15, 0.2) is 30.3 Å². The van der Waals surface area contributed by atoms with Crippen LogP contribution in [0.3, 0.4) is 0 Å². The lowest BCUT2D eigenvalue weighted by molar-refractivity contribution is 0.881. The number of aromatic nitrogens is 1. The molecule has 1 aromatic heterocycles. The van der Waals surface area contributed by atoms with Gasteiger partial charge in [0.25, 0.3) is 0 Å². The largest absolute Gasteiger partial charge is 0.368 e. The van der Waals surface area contributed by atoms with Crippen LogP contribution in [0.1, 0.15) is 16.8 Å². The average molecular weight is 295 g/mol. The molecule has 2 nitrogen and oxygen atoms in total. The Kier molecular flexibility index (Phi) is 4.33.